The van der Waals surface area contributed by atoms with Gasteiger partial charge in [-0.25, -0.2) is 4.68 Å². The summed E-state index contributed by atoms with van der Waals surface area (Å²) in [5, 5.41) is 4.21. The maximum absolute atomic E-state index is 12.5. The molecule has 5 nitrogen and oxygen atoms in total. The van der Waals surface area contributed by atoms with E-state index in [0.29, 0.717) is 12.1 Å². The van der Waals surface area contributed by atoms with Gasteiger partial charge in [-0.2, -0.15) is 5.10 Å². The Labute approximate surface area is 130 Å². The predicted molar refractivity (Wildman–Crippen MR) is 85.8 cm³/mol. The number of rotatable bonds is 5. The zero-order valence-corrected chi connectivity index (χ0v) is 12.6. The van der Waals surface area contributed by atoms with Gasteiger partial charge in [-0.15, -0.1) is 0 Å². The van der Waals surface area contributed by atoms with Crippen molar-refractivity contribution in [2.45, 2.75) is 13.0 Å². The Bertz CT molecular complexity index is 648. The van der Waals surface area contributed by atoms with Crippen LogP contribution in [0.2, 0.25) is 0 Å². The number of aromatic nitrogens is 2. The van der Waals surface area contributed by atoms with Gasteiger partial charge in [0, 0.05) is 32.4 Å². The summed E-state index contributed by atoms with van der Waals surface area (Å²) in [5.74, 6) is 0. The number of hydrogen-bond donors (Lipinski definition) is 0. The molecule has 2 heterocycles. The number of aryl methyl sites for hydroxylation is 1. The second kappa shape index (κ2) is 7.33. The van der Waals surface area contributed by atoms with E-state index < -0.39 is 0 Å². The van der Waals surface area contributed by atoms with Crippen LogP contribution >= 0.6 is 0 Å². The molecule has 1 fully saturated rings. The van der Waals surface area contributed by atoms with E-state index >= 15 is 0 Å². The molecular formula is C17H21N3O2. The normalized spacial score (nSPS) is 15.8. The molecule has 116 valence electrons. The third-order valence-electron chi connectivity index (χ3n) is 3.94. The highest BCUT2D eigenvalue weighted by Gasteiger charge is 2.10. The molecule has 0 atom stereocenters. The fraction of sp³-hybridized carbons (Fsp3) is 0.412. The van der Waals surface area contributed by atoms with Crippen LogP contribution in [0.5, 0.6) is 0 Å². The second-order valence-electron chi connectivity index (χ2n) is 5.45. The van der Waals surface area contributed by atoms with Gasteiger partial charge in [0.2, 0.25) is 0 Å². The molecule has 0 aliphatic carbocycles. The topological polar surface area (TPSA) is 47.4 Å². The van der Waals surface area contributed by atoms with Crippen LogP contribution in [0, 0.1) is 0 Å². The summed E-state index contributed by atoms with van der Waals surface area (Å²) < 4.78 is 6.91. The van der Waals surface area contributed by atoms with Gasteiger partial charge < -0.3 is 4.74 Å². The standard InChI is InChI=1S/C17H21N3O2/c21-17-16(15-5-2-1-3-6-15)7-8-18-20(17)10-4-9-19-11-13-22-14-12-19/h1-3,5-8H,4,9-14H2. The average molecular weight is 299 g/mol. The molecule has 1 aromatic heterocycles. The third-order valence-corrected chi connectivity index (χ3v) is 3.94. The summed E-state index contributed by atoms with van der Waals surface area (Å²) in [5.41, 5.74) is 1.63. The largest absolute Gasteiger partial charge is 0.379 e. The molecule has 2 aromatic rings. The van der Waals surface area contributed by atoms with E-state index in [1.54, 1.807) is 16.9 Å². The van der Waals surface area contributed by atoms with Gasteiger partial charge in [0.15, 0.2) is 0 Å². The van der Waals surface area contributed by atoms with Crippen LogP contribution in [0.25, 0.3) is 11.1 Å². The van der Waals surface area contributed by atoms with Crippen LogP contribution in [0.1, 0.15) is 6.42 Å². The molecule has 0 saturated carbocycles. The molecule has 1 aliphatic rings. The fourth-order valence-corrected chi connectivity index (χ4v) is 2.72. The van der Waals surface area contributed by atoms with Gasteiger partial charge >= 0.3 is 0 Å². The van der Waals surface area contributed by atoms with Crippen molar-refractivity contribution >= 4 is 0 Å². The lowest BCUT2D eigenvalue weighted by Crippen LogP contribution is -2.37. The van der Waals surface area contributed by atoms with Crippen molar-refractivity contribution in [2.75, 3.05) is 32.8 Å². The monoisotopic (exact) mass is 299 g/mol. The number of hydrogen-bond acceptors (Lipinski definition) is 4. The maximum atomic E-state index is 12.5. The summed E-state index contributed by atoms with van der Waals surface area (Å²) in [7, 11) is 0. The number of benzene rings is 1. The molecule has 0 bridgehead atoms. The Kier molecular flexibility index (Phi) is 4.98. The Morgan fingerprint density at radius 1 is 1.05 bits per heavy atom. The molecule has 5 heteroatoms. The molecule has 0 N–H and O–H groups in total. The van der Waals surface area contributed by atoms with Gasteiger partial charge in [-0.05, 0) is 18.1 Å². The second-order valence-corrected chi connectivity index (χ2v) is 5.45. The van der Waals surface area contributed by atoms with Crippen LogP contribution in [0.3, 0.4) is 0 Å². The van der Waals surface area contributed by atoms with Crippen molar-refractivity contribution in [3.8, 4) is 11.1 Å². The lowest BCUT2D eigenvalue weighted by atomic mass is 10.1. The van der Waals surface area contributed by atoms with Crippen molar-refractivity contribution < 1.29 is 4.74 Å². The smallest absolute Gasteiger partial charge is 0.274 e. The zero-order chi connectivity index (χ0) is 15.2. The molecule has 1 aromatic carbocycles. The van der Waals surface area contributed by atoms with Crippen molar-refractivity contribution in [1.29, 1.82) is 0 Å². The van der Waals surface area contributed by atoms with Crippen molar-refractivity contribution in [1.82, 2.24) is 14.7 Å². The number of ether oxygens (including phenoxy) is 1. The molecule has 0 unspecified atom stereocenters. The Hall–Kier alpha value is -1.98. The highest BCUT2D eigenvalue weighted by atomic mass is 16.5. The first-order valence-corrected chi connectivity index (χ1v) is 7.76. The average Bonchev–Trinajstić information content (AvgIpc) is 2.58. The summed E-state index contributed by atoms with van der Waals surface area (Å²) in [4.78, 5) is 14.9. The van der Waals surface area contributed by atoms with E-state index in [0.717, 1.165) is 44.8 Å². The van der Waals surface area contributed by atoms with E-state index in [4.69, 9.17) is 4.74 Å². The first-order chi connectivity index (χ1) is 10.8. The predicted octanol–water partition coefficient (Wildman–Crippen LogP) is 1.63. The van der Waals surface area contributed by atoms with Gasteiger partial charge in [0.25, 0.3) is 5.56 Å². The summed E-state index contributed by atoms with van der Waals surface area (Å²) in [6, 6.07) is 11.5. The van der Waals surface area contributed by atoms with Crippen LogP contribution in [0.15, 0.2) is 47.4 Å². The minimum Gasteiger partial charge on any atom is -0.379 e. The SMILES string of the molecule is O=c1c(-c2ccccc2)ccnn1CCCN1CCOCC1. The lowest BCUT2D eigenvalue weighted by molar-refractivity contribution is 0.0368. The van der Waals surface area contributed by atoms with Crippen LogP contribution < -0.4 is 5.56 Å². The van der Waals surface area contributed by atoms with E-state index in [9.17, 15) is 4.79 Å². The highest BCUT2D eigenvalue weighted by Crippen LogP contribution is 2.13. The van der Waals surface area contributed by atoms with E-state index in [-0.39, 0.29) is 5.56 Å². The lowest BCUT2D eigenvalue weighted by Gasteiger charge is -2.26. The minimum atomic E-state index is -0.0179. The van der Waals surface area contributed by atoms with Gasteiger partial charge in [0.1, 0.15) is 0 Å². The summed E-state index contributed by atoms with van der Waals surface area (Å²) >= 11 is 0. The summed E-state index contributed by atoms with van der Waals surface area (Å²) in [6.45, 7) is 5.20. The molecule has 22 heavy (non-hydrogen) atoms. The number of morpholine rings is 1. The fourth-order valence-electron chi connectivity index (χ4n) is 2.72. The first-order valence-electron chi connectivity index (χ1n) is 7.76. The van der Waals surface area contributed by atoms with Gasteiger partial charge in [-0.1, -0.05) is 30.3 Å². The van der Waals surface area contributed by atoms with E-state index in [1.165, 1.54) is 0 Å². The quantitative estimate of drug-likeness (QED) is 0.842. The van der Waals surface area contributed by atoms with Gasteiger partial charge in [-0.3, -0.25) is 9.69 Å². The van der Waals surface area contributed by atoms with Crippen molar-refractivity contribution in [2.24, 2.45) is 0 Å². The van der Waals surface area contributed by atoms with Crippen molar-refractivity contribution in [3.05, 3.63) is 52.9 Å². The molecule has 1 aliphatic heterocycles. The van der Waals surface area contributed by atoms with Crippen LogP contribution in [0.4, 0.5) is 0 Å². The Morgan fingerprint density at radius 2 is 1.82 bits per heavy atom. The maximum Gasteiger partial charge on any atom is 0.274 e. The molecule has 0 radical (unpaired) electrons. The molecule has 3 rings (SSSR count). The molecule has 1 saturated heterocycles. The van der Waals surface area contributed by atoms with E-state index in [2.05, 4.69) is 10.00 Å². The minimum absolute atomic E-state index is 0.0179. The third kappa shape index (κ3) is 3.61. The number of nitrogens with zero attached hydrogens (tertiary/aromatic N) is 3. The van der Waals surface area contributed by atoms with Crippen LogP contribution in [-0.2, 0) is 11.3 Å². The molecular weight excluding hydrogens is 278 g/mol. The van der Waals surface area contributed by atoms with Crippen LogP contribution in [-0.4, -0.2) is 47.5 Å². The van der Waals surface area contributed by atoms with Crippen molar-refractivity contribution in [3.63, 3.8) is 0 Å². The highest BCUT2D eigenvalue weighted by molar-refractivity contribution is 5.61. The molecule has 0 amide bonds. The Balaban J connectivity index is 1.66. The first kappa shape index (κ1) is 14.9. The molecule has 0 spiro atoms. The Morgan fingerprint density at radius 3 is 2.59 bits per heavy atom. The summed E-state index contributed by atoms with van der Waals surface area (Å²) in [6.07, 6.45) is 2.63. The van der Waals surface area contributed by atoms with Gasteiger partial charge in [0.05, 0.1) is 18.8 Å². The zero-order valence-electron chi connectivity index (χ0n) is 12.6. The van der Waals surface area contributed by atoms with E-state index in [1.807, 2.05) is 30.3 Å².